The van der Waals surface area contributed by atoms with Crippen molar-refractivity contribution in [3.63, 3.8) is 0 Å². The fraction of sp³-hybridized carbons (Fsp3) is 0.727. The molecule has 1 N–H and O–H groups in total. The highest BCUT2D eigenvalue weighted by Gasteiger charge is 1.99. The average molecular weight is 195 g/mol. The zero-order valence-corrected chi connectivity index (χ0v) is 9.45. The van der Waals surface area contributed by atoms with Crippen molar-refractivity contribution >= 4 is 0 Å². The SMILES string of the molecule is CCNCCc1cn(CC(C)C)cn1. The summed E-state index contributed by atoms with van der Waals surface area (Å²) in [6.07, 6.45) is 5.11. The Bertz CT molecular complexity index is 253. The van der Waals surface area contributed by atoms with Gasteiger partial charge in [-0.2, -0.15) is 0 Å². The molecular weight excluding hydrogens is 174 g/mol. The lowest BCUT2D eigenvalue weighted by molar-refractivity contribution is 0.522. The number of aromatic nitrogens is 2. The van der Waals surface area contributed by atoms with Crippen LogP contribution in [0.15, 0.2) is 12.5 Å². The van der Waals surface area contributed by atoms with Crippen LogP contribution in [0.1, 0.15) is 26.5 Å². The monoisotopic (exact) mass is 195 g/mol. The Labute approximate surface area is 86.5 Å². The molecule has 0 aromatic carbocycles. The van der Waals surface area contributed by atoms with Gasteiger partial charge >= 0.3 is 0 Å². The molecule has 3 heteroatoms. The van der Waals surface area contributed by atoms with E-state index in [0.29, 0.717) is 5.92 Å². The zero-order valence-electron chi connectivity index (χ0n) is 9.45. The first-order valence-corrected chi connectivity index (χ1v) is 5.43. The molecular formula is C11H21N3. The van der Waals surface area contributed by atoms with Crippen molar-refractivity contribution in [2.24, 2.45) is 5.92 Å². The molecule has 0 spiro atoms. The van der Waals surface area contributed by atoms with Gasteiger partial charge in [-0.25, -0.2) is 4.98 Å². The van der Waals surface area contributed by atoms with Gasteiger partial charge in [-0.15, -0.1) is 0 Å². The summed E-state index contributed by atoms with van der Waals surface area (Å²) < 4.78 is 2.17. The summed E-state index contributed by atoms with van der Waals surface area (Å²) in [4.78, 5) is 4.36. The van der Waals surface area contributed by atoms with Gasteiger partial charge in [-0.1, -0.05) is 20.8 Å². The van der Waals surface area contributed by atoms with Crippen molar-refractivity contribution < 1.29 is 0 Å². The average Bonchev–Trinajstić information content (AvgIpc) is 2.52. The molecule has 1 rings (SSSR count). The first-order chi connectivity index (χ1) is 6.72. The van der Waals surface area contributed by atoms with Gasteiger partial charge in [0.2, 0.25) is 0 Å². The Kier molecular flexibility index (Phi) is 4.66. The summed E-state index contributed by atoms with van der Waals surface area (Å²) in [5, 5.41) is 3.30. The first-order valence-electron chi connectivity index (χ1n) is 5.43. The Hall–Kier alpha value is -0.830. The van der Waals surface area contributed by atoms with Gasteiger partial charge in [-0.3, -0.25) is 0 Å². The van der Waals surface area contributed by atoms with Crippen LogP contribution in [0, 0.1) is 5.92 Å². The molecule has 1 aromatic heterocycles. The molecule has 0 saturated heterocycles. The molecule has 0 bridgehead atoms. The fourth-order valence-corrected chi connectivity index (χ4v) is 1.45. The Morgan fingerprint density at radius 3 is 2.93 bits per heavy atom. The summed E-state index contributed by atoms with van der Waals surface area (Å²) in [5.41, 5.74) is 1.19. The molecule has 1 aromatic rings. The van der Waals surface area contributed by atoms with Gasteiger partial charge in [0.05, 0.1) is 12.0 Å². The third kappa shape index (κ3) is 3.92. The van der Waals surface area contributed by atoms with E-state index in [1.54, 1.807) is 0 Å². The van der Waals surface area contributed by atoms with Crippen molar-refractivity contribution in [3.05, 3.63) is 18.2 Å². The second kappa shape index (κ2) is 5.81. The van der Waals surface area contributed by atoms with Crippen LogP contribution < -0.4 is 5.32 Å². The lowest BCUT2D eigenvalue weighted by atomic mass is 10.2. The molecule has 0 aliphatic carbocycles. The summed E-state index contributed by atoms with van der Waals surface area (Å²) in [6, 6.07) is 0. The van der Waals surface area contributed by atoms with Gasteiger partial charge in [0.15, 0.2) is 0 Å². The third-order valence-corrected chi connectivity index (χ3v) is 2.07. The lowest BCUT2D eigenvalue weighted by Gasteiger charge is -2.04. The van der Waals surface area contributed by atoms with Crippen LogP contribution in [0.4, 0.5) is 0 Å². The van der Waals surface area contributed by atoms with Gasteiger partial charge in [-0.05, 0) is 12.5 Å². The van der Waals surface area contributed by atoms with E-state index in [0.717, 1.165) is 26.1 Å². The number of likely N-dealkylation sites (N-methyl/N-ethyl adjacent to an activating group) is 1. The topological polar surface area (TPSA) is 29.9 Å². The van der Waals surface area contributed by atoms with Crippen molar-refractivity contribution in [1.29, 1.82) is 0 Å². The first kappa shape index (κ1) is 11.2. The van der Waals surface area contributed by atoms with E-state index in [4.69, 9.17) is 0 Å². The molecule has 0 fully saturated rings. The highest BCUT2D eigenvalue weighted by atomic mass is 15.0. The standard InChI is InChI=1S/C11H21N3/c1-4-12-6-5-11-8-14(9-13-11)7-10(2)3/h8-10,12H,4-7H2,1-3H3. The van der Waals surface area contributed by atoms with Crippen LogP contribution in [0.2, 0.25) is 0 Å². The number of nitrogens with one attached hydrogen (secondary N) is 1. The summed E-state index contributed by atoms with van der Waals surface area (Å²) in [5.74, 6) is 0.686. The van der Waals surface area contributed by atoms with Crippen molar-refractivity contribution in [1.82, 2.24) is 14.9 Å². The zero-order chi connectivity index (χ0) is 10.4. The molecule has 0 aliphatic heterocycles. The third-order valence-electron chi connectivity index (χ3n) is 2.07. The summed E-state index contributed by atoms with van der Waals surface area (Å²) in [7, 11) is 0. The van der Waals surface area contributed by atoms with E-state index in [9.17, 15) is 0 Å². The van der Waals surface area contributed by atoms with Gasteiger partial charge in [0, 0.05) is 25.7 Å². The molecule has 80 valence electrons. The molecule has 1 heterocycles. The predicted molar refractivity (Wildman–Crippen MR) is 59.3 cm³/mol. The second-order valence-electron chi connectivity index (χ2n) is 4.06. The molecule has 0 aliphatic rings. The number of rotatable bonds is 6. The van der Waals surface area contributed by atoms with E-state index >= 15 is 0 Å². The smallest absolute Gasteiger partial charge is 0.0949 e. The Morgan fingerprint density at radius 1 is 1.50 bits per heavy atom. The lowest BCUT2D eigenvalue weighted by Crippen LogP contribution is -2.16. The molecule has 0 atom stereocenters. The minimum atomic E-state index is 0.686. The number of imidazole rings is 1. The summed E-state index contributed by atoms with van der Waals surface area (Å²) in [6.45, 7) is 9.68. The van der Waals surface area contributed by atoms with E-state index in [1.807, 2.05) is 6.33 Å². The van der Waals surface area contributed by atoms with E-state index in [-0.39, 0.29) is 0 Å². The maximum atomic E-state index is 4.36. The fourth-order valence-electron chi connectivity index (χ4n) is 1.45. The molecule has 0 radical (unpaired) electrons. The minimum absolute atomic E-state index is 0.686. The highest BCUT2D eigenvalue weighted by molar-refractivity contribution is 4.97. The molecule has 0 unspecified atom stereocenters. The van der Waals surface area contributed by atoms with Crippen molar-refractivity contribution in [3.8, 4) is 0 Å². The number of hydrogen-bond acceptors (Lipinski definition) is 2. The Balaban J connectivity index is 2.35. The van der Waals surface area contributed by atoms with Crippen LogP contribution in [-0.4, -0.2) is 22.6 Å². The van der Waals surface area contributed by atoms with Crippen molar-refractivity contribution in [2.45, 2.75) is 33.7 Å². The minimum Gasteiger partial charge on any atom is -0.337 e. The van der Waals surface area contributed by atoms with E-state index in [1.165, 1.54) is 5.69 Å². The summed E-state index contributed by atoms with van der Waals surface area (Å²) >= 11 is 0. The Morgan fingerprint density at radius 2 is 2.29 bits per heavy atom. The normalized spacial score (nSPS) is 11.1. The van der Waals surface area contributed by atoms with E-state index < -0.39 is 0 Å². The van der Waals surface area contributed by atoms with Crippen LogP contribution in [0.25, 0.3) is 0 Å². The van der Waals surface area contributed by atoms with Crippen molar-refractivity contribution in [2.75, 3.05) is 13.1 Å². The largest absolute Gasteiger partial charge is 0.337 e. The van der Waals surface area contributed by atoms with Crippen LogP contribution >= 0.6 is 0 Å². The van der Waals surface area contributed by atoms with E-state index in [2.05, 4.69) is 41.8 Å². The van der Waals surface area contributed by atoms with Crippen LogP contribution in [0.5, 0.6) is 0 Å². The van der Waals surface area contributed by atoms with Gasteiger partial charge < -0.3 is 9.88 Å². The number of hydrogen-bond donors (Lipinski definition) is 1. The van der Waals surface area contributed by atoms with Gasteiger partial charge in [0.25, 0.3) is 0 Å². The molecule has 0 saturated carbocycles. The van der Waals surface area contributed by atoms with Crippen LogP contribution in [0.3, 0.4) is 0 Å². The number of nitrogens with zero attached hydrogens (tertiary/aromatic N) is 2. The predicted octanol–water partition coefficient (Wildman–Crippen LogP) is 1.69. The second-order valence-corrected chi connectivity index (χ2v) is 4.06. The quantitative estimate of drug-likeness (QED) is 0.700. The molecule has 3 nitrogen and oxygen atoms in total. The van der Waals surface area contributed by atoms with Gasteiger partial charge in [0.1, 0.15) is 0 Å². The highest BCUT2D eigenvalue weighted by Crippen LogP contribution is 2.01. The molecule has 0 amide bonds. The maximum Gasteiger partial charge on any atom is 0.0949 e. The molecule has 14 heavy (non-hydrogen) atoms. The van der Waals surface area contributed by atoms with Crippen LogP contribution in [-0.2, 0) is 13.0 Å². The maximum absolute atomic E-state index is 4.36.